The van der Waals surface area contributed by atoms with Gasteiger partial charge < -0.3 is 10.4 Å². The Balaban J connectivity index is 2.06. The van der Waals surface area contributed by atoms with Gasteiger partial charge in [-0.2, -0.15) is 5.10 Å². The number of aliphatic carboxylic acids is 1. The molecule has 0 saturated carbocycles. The topological polar surface area (TPSA) is 84.2 Å². The Hall–Kier alpha value is -2.70. The highest BCUT2D eigenvalue weighted by Gasteiger charge is 2.21. The second kappa shape index (κ2) is 6.84. The second-order valence-corrected chi connectivity index (χ2v) is 4.78. The highest BCUT2D eigenvalue weighted by molar-refractivity contribution is 5.96. The first-order valence-corrected chi connectivity index (χ1v) is 6.80. The number of nitrogens with zero attached hydrogens (tertiary/aromatic N) is 2. The summed E-state index contributed by atoms with van der Waals surface area (Å²) < 4.78 is 14.4. The minimum Gasteiger partial charge on any atom is -0.480 e. The SMILES string of the molecule is CCn1cc(C(=O)NC(Cc2ccc(F)cc2)C(=O)O)cn1. The van der Waals surface area contributed by atoms with E-state index in [1.54, 1.807) is 10.9 Å². The van der Waals surface area contributed by atoms with Gasteiger partial charge in [0.15, 0.2) is 0 Å². The van der Waals surface area contributed by atoms with Crippen LogP contribution in [0.4, 0.5) is 4.39 Å². The highest BCUT2D eigenvalue weighted by atomic mass is 19.1. The third-order valence-corrected chi connectivity index (χ3v) is 3.18. The number of carbonyl (C=O) groups is 2. The number of aromatic nitrogens is 2. The maximum Gasteiger partial charge on any atom is 0.326 e. The number of hydrogen-bond acceptors (Lipinski definition) is 3. The van der Waals surface area contributed by atoms with Crippen LogP contribution in [0.15, 0.2) is 36.7 Å². The van der Waals surface area contributed by atoms with Gasteiger partial charge in [-0.3, -0.25) is 9.48 Å². The number of carboxylic acids is 1. The van der Waals surface area contributed by atoms with Crippen LogP contribution in [0, 0.1) is 5.82 Å². The fourth-order valence-electron chi connectivity index (χ4n) is 1.95. The molecule has 1 heterocycles. The van der Waals surface area contributed by atoms with Gasteiger partial charge >= 0.3 is 5.97 Å². The molecule has 6 nitrogen and oxygen atoms in total. The van der Waals surface area contributed by atoms with Crippen molar-refractivity contribution in [2.24, 2.45) is 0 Å². The fourth-order valence-corrected chi connectivity index (χ4v) is 1.95. The molecule has 1 unspecified atom stereocenters. The Morgan fingerprint density at radius 2 is 2.05 bits per heavy atom. The maximum absolute atomic E-state index is 12.9. The largest absolute Gasteiger partial charge is 0.480 e. The van der Waals surface area contributed by atoms with E-state index >= 15 is 0 Å². The summed E-state index contributed by atoms with van der Waals surface area (Å²) in [6, 6.07) is 4.39. The van der Waals surface area contributed by atoms with Crippen LogP contribution in [-0.4, -0.2) is 32.8 Å². The molecule has 0 fully saturated rings. The molecule has 0 aliphatic heterocycles. The van der Waals surface area contributed by atoms with Gasteiger partial charge in [0.05, 0.1) is 11.8 Å². The first-order valence-electron chi connectivity index (χ1n) is 6.80. The van der Waals surface area contributed by atoms with Gasteiger partial charge in [-0.15, -0.1) is 0 Å². The van der Waals surface area contributed by atoms with Crippen molar-refractivity contribution in [2.45, 2.75) is 25.9 Å². The van der Waals surface area contributed by atoms with Gasteiger partial charge in [0.2, 0.25) is 0 Å². The van der Waals surface area contributed by atoms with Gasteiger partial charge in [-0.1, -0.05) is 12.1 Å². The summed E-state index contributed by atoms with van der Waals surface area (Å²) in [5, 5.41) is 15.6. The van der Waals surface area contributed by atoms with Crippen molar-refractivity contribution in [3.8, 4) is 0 Å². The first kappa shape index (κ1) is 15.7. The van der Waals surface area contributed by atoms with E-state index in [0.717, 1.165) is 0 Å². The Morgan fingerprint density at radius 1 is 1.36 bits per heavy atom. The van der Waals surface area contributed by atoms with E-state index in [0.29, 0.717) is 17.7 Å². The molecule has 0 radical (unpaired) electrons. The molecular weight excluding hydrogens is 289 g/mol. The molecule has 7 heteroatoms. The zero-order valence-electron chi connectivity index (χ0n) is 12.0. The van der Waals surface area contributed by atoms with Crippen LogP contribution >= 0.6 is 0 Å². The van der Waals surface area contributed by atoms with Gasteiger partial charge in [-0.25, -0.2) is 9.18 Å². The van der Waals surface area contributed by atoms with Crippen molar-refractivity contribution in [1.29, 1.82) is 0 Å². The standard InChI is InChI=1S/C15H16FN3O3/c1-2-19-9-11(8-17-19)14(20)18-13(15(21)22)7-10-3-5-12(16)6-4-10/h3-6,8-9,13H,2,7H2,1H3,(H,18,20)(H,21,22). The molecule has 0 saturated heterocycles. The molecule has 0 aliphatic carbocycles. The van der Waals surface area contributed by atoms with Crippen molar-refractivity contribution in [3.63, 3.8) is 0 Å². The van der Waals surface area contributed by atoms with Crippen LogP contribution in [0.1, 0.15) is 22.8 Å². The van der Waals surface area contributed by atoms with Crippen LogP contribution in [-0.2, 0) is 17.8 Å². The highest BCUT2D eigenvalue weighted by Crippen LogP contribution is 2.07. The van der Waals surface area contributed by atoms with Gasteiger partial charge in [-0.05, 0) is 24.6 Å². The number of rotatable bonds is 6. The second-order valence-electron chi connectivity index (χ2n) is 4.78. The van der Waals surface area contributed by atoms with Crippen molar-refractivity contribution >= 4 is 11.9 Å². The van der Waals surface area contributed by atoms with Crippen molar-refractivity contribution < 1.29 is 19.1 Å². The molecule has 0 spiro atoms. The lowest BCUT2D eigenvalue weighted by Gasteiger charge is -2.14. The lowest BCUT2D eigenvalue weighted by molar-refractivity contribution is -0.139. The molecule has 0 bridgehead atoms. The van der Waals surface area contributed by atoms with Gasteiger partial charge in [0, 0.05) is 19.2 Å². The molecule has 1 amide bonds. The minimum atomic E-state index is -1.15. The average Bonchev–Trinajstić information content (AvgIpc) is 2.97. The van der Waals surface area contributed by atoms with Gasteiger partial charge in [0.25, 0.3) is 5.91 Å². The predicted molar refractivity (Wildman–Crippen MR) is 76.9 cm³/mol. The lowest BCUT2D eigenvalue weighted by Crippen LogP contribution is -2.42. The Morgan fingerprint density at radius 3 is 2.59 bits per heavy atom. The predicted octanol–water partition coefficient (Wildman–Crippen LogP) is 1.47. The minimum absolute atomic E-state index is 0.0727. The monoisotopic (exact) mass is 305 g/mol. The molecule has 1 aromatic carbocycles. The summed E-state index contributed by atoms with van der Waals surface area (Å²) in [6.45, 7) is 2.49. The number of nitrogens with one attached hydrogen (secondary N) is 1. The summed E-state index contributed by atoms with van der Waals surface area (Å²) in [5.74, 6) is -2.05. The molecule has 1 aromatic heterocycles. The quantitative estimate of drug-likeness (QED) is 0.846. The zero-order chi connectivity index (χ0) is 16.1. The fraction of sp³-hybridized carbons (Fsp3) is 0.267. The van der Waals surface area contributed by atoms with Crippen molar-refractivity contribution in [2.75, 3.05) is 0 Å². The molecule has 1 atom stereocenters. The first-order chi connectivity index (χ1) is 10.5. The molecule has 0 aliphatic rings. The lowest BCUT2D eigenvalue weighted by atomic mass is 10.1. The number of aryl methyl sites for hydroxylation is 1. The summed E-state index contributed by atoms with van der Waals surface area (Å²) in [5.41, 5.74) is 0.922. The van der Waals surface area contributed by atoms with Crippen LogP contribution in [0.3, 0.4) is 0 Å². The van der Waals surface area contributed by atoms with E-state index in [4.69, 9.17) is 0 Å². The molecule has 116 valence electrons. The molecule has 22 heavy (non-hydrogen) atoms. The van der Waals surface area contributed by atoms with E-state index in [1.165, 1.54) is 30.5 Å². The number of benzene rings is 1. The number of carbonyl (C=O) groups excluding carboxylic acids is 1. The Kier molecular flexibility index (Phi) is 4.88. The van der Waals surface area contributed by atoms with Crippen molar-refractivity contribution in [1.82, 2.24) is 15.1 Å². The molecule has 2 rings (SSSR count). The number of halogens is 1. The summed E-state index contributed by atoms with van der Waals surface area (Å²) in [4.78, 5) is 23.3. The van der Waals surface area contributed by atoms with Gasteiger partial charge in [0.1, 0.15) is 11.9 Å². The van der Waals surface area contributed by atoms with E-state index in [1.807, 2.05) is 6.92 Å². The van der Waals surface area contributed by atoms with Crippen LogP contribution in [0.2, 0.25) is 0 Å². The smallest absolute Gasteiger partial charge is 0.326 e. The van der Waals surface area contributed by atoms with E-state index < -0.39 is 23.7 Å². The molecule has 2 aromatic rings. The third kappa shape index (κ3) is 3.91. The number of carboxylic acid groups (broad SMARTS) is 1. The van der Waals surface area contributed by atoms with E-state index in [9.17, 15) is 19.1 Å². The van der Waals surface area contributed by atoms with Crippen LogP contribution in [0.5, 0.6) is 0 Å². The normalized spacial score (nSPS) is 11.9. The Bertz CT molecular complexity index is 667. The number of amides is 1. The summed E-state index contributed by atoms with van der Waals surface area (Å²) >= 11 is 0. The molecular formula is C15H16FN3O3. The average molecular weight is 305 g/mol. The Labute approximate surface area is 126 Å². The zero-order valence-corrected chi connectivity index (χ0v) is 12.0. The van der Waals surface area contributed by atoms with Crippen LogP contribution < -0.4 is 5.32 Å². The summed E-state index contributed by atoms with van der Waals surface area (Å²) in [6.07, 6.45) is 3.01. The van der Waals surface area contributed by atoms with E-state index in [-0.39, 0.29) is 6.42 Å². The third-order valence-electron chi connectivity index (χ3n) is 3.18. The number of hydrogen-bond donors (Lipinski definition) is 2. The van der Waals surface area contributed by atoms with Crippen LogP contribution in [0.25, 0.3) is 0 Å². The van der Waals surface area contributed by atoms with E-state index in [2.05, 4.69) is 10.4 Å². The van der Waals surface area contributed by atoms with Crippen molar-refractivity contribution in [3.05, 3.63) is 53.6 Å². The summed E-state index contributed by atoms with van der Waals surface area (Å²) in [7, 11) is 0. The molecule has 2 N–H and O–H groups in total. The maximum atomic E-state index is 12.9.